The maximum Gasteiger partial charge on any atom is 0.295 e. The Morgan fingerprint density at radius 2 is 1.47 bits per heavy atom. The number of imidazole rings is 1. The summed E-state index contributed by atoms with van der Waals surface area (Å²) in [5, 5.41) is 0. The molecule has 1 aliphatic heterocycles. The Labute approximate surface area is 192 Å². The van der Waals surface area contributed by atoms with Gasteiger partial charge >= 0.3 is 0 Å². The lowest BCUT2D eigenvalue weighted by molar-refractivity contribution is -0.670. The Balaban J connectivity index is 1.89. The molecule has 0 saturated heterocycles. The Morgan fingerprint density at radius 3 is 2.12 bits per heavy atom. The van der Waals surface area contributed by atoms with E-state index in [4.69, 9.17) is 0 Å². The molecule has 0 aliphatic carbocycles. The van der Waals surface area contributed by atoms with Crippen LogP contribution < -0.4 is 4.57 Å². The number of benzene rings is 3. The zero-order valence-electron chi connectivity index (χ0n) is 20.1. The van der Waals surface area contributed by atoms with E-state index in [-0.39, 0.29) is 0 Å². The van der Waals surface area contributed by atoms with Crippen LogP contribution in [0, 0.1) is 13.8 Å². The number of nitrogens with zero attached hydrogens (tertiary/aromatic N) is 2. The number of aryl methyl sites for hydroxylation is 2. The van der Waals surface area contributed by atoms with Gasteiger partial charge in [-0.25, -0.2) is 4.57 Å². The van der Waals surface area contributed by atoms with Gasteiger partial charge in [-0.3, -0.25) is 0 Å². The molecule has 3 aromatic carbocycles. The molecule has 0 saturated carbocycles. The molecule has 32 heavy (non-hydrogen) atoms. The molecule has 0 spiro atoms. The SMILES string of the molecule is Cc1ccc(-n2c(-c3c(C(C)C)cccc3C(C)C)c[n+]3c2-c2ccccc2C3)cc1C. The van der Waals surface area contributed by atoms with E-state index in [1.54, 1.807) is 0 Å². The first-order valence-corrected chi connectivity index (χ1v) is 11.8. The first-order valence-electron chi connectivity index (χ1n) is 11.8. The van der Waals surface area contributed by atoms with Crippen LogP contribution in [0.3, 0.4) is 0 Å². The van der Waals surface area contributed by atoms with Crippen molar-refractivity contribution in [2.75, 3.05) is 0 Å². The number of fused-ring (bicyclic) bond motifs is 3. The molecule has 2 nitrogen and oxygen atoms in total. The highest BCUT2D eigenvalue weighted by Crippen LogP contribution is 2.40. The molecule has 0 fully saturated rings. The van der Waals surface area contributed by atoms with Crippen LogP contribution in [0.2, 0.25) is 0 Å². The molecule has 5 rings (SSSR count). The summed E-state index contributed by atoms with van der Waals surface area (Å²) < 4.78 is 4.95. The molecule has 1 aliphatic rings. The van der Waals surface area contributed by atoms with E-state index in [9.17, 15) is 0 Å². The van der Waals surface area contributed by atoms with E-state index in [0.29, 0.717) is 11.8 Å². The van der Waals surface area contributed by atoms with Crippen molar-refractivity contribution in [2.45, 2.75) is 59.9 Å². The van der Waals surface area contributed by atoms with Crippen molar-refractivity contribution in [3.05, 3.63) is 94.7 Å². The summed E-state index contributed by atoms with van der Waals surface area (Å²) in [6, 6.07) is 22.6. The zero-order chi connectivity index (χ0) is 22.6. The second-order valence-electron chi connectivity index (χ2n) is 9.85. The molecule has 0 amide bonds. The molecular formula is C30H33N2+. The molecule has 162 valence electrons. The minimum atomic E-state index is 0.457. The number of rotatable bonds is 4. The molecule has 2 heterocycles. The van der Waals surface area contributed by atoms with Crippen molar-refractivity contribution in [1.82, 2.24) is 4.57 Å². The lowest BCUT2D eigenvalue weighted by atomic mass is 9.87. The molecule has 0 radical (unpaired) electrons. The van der Waals surface area contributed by atoms with Crippen molar-refractivity contribution in [3.63, 3.8) is 0 Å². The minimum absolute atomic E-state index is 0.457. The van der Waals surface area contributed by atoms with Gasteiger partial charge in [0, 0.05) is 11.1 Å². The van der Waals surface area contributed by atoms with Crippen LogP contribution in [-0.4, -0.2) is 4.57 Å². The number of hydrogen-bond acceptors (Lipinski definition) is 0. The molecule has 4 aromatic rings. The van der Waals surface area contributed by atoms with Crippen molar-refractivity contribution in [1.29, 1.82) is 0 Å². The van der Waals surface area contributed by atoms with Crippen LogP contribution in [-0.2, 0) is 6.54 Å². The van der Waals surface area contributed by atoms with Crippen molar-refractivity contribution >= 4 is 0 Å². The fourth-order valence-corrected chi connectivity index (χ4v) is 5.11. The lowest BCUT2D eigenvalue weighted by Crippen LogP contribution is -2.29. The van der Waals surface area contributed by atoms with Gasteiger partial charge in [0.15, 0.2) is 5.69 Å². The number of aromatic nitrogens is 2. The van der Waals surface area contributed by atoms with Crippen LogP contribution in [0.5, 0.6) is 0 Å². The van der Waals surface area contributed by atoms with Crippen LogP contribution in [0.4, 0.5) is 0 Å². The molecule has 1 aromatic heterocycles. The Bertz CT molecular complexity index is 1290. The summed E-state index contributed by atoms with van der Waals surface area (Å²) in [5.74, 6) is 2.20. The lowest BCUT2D eigenvalue weighted by Gasteiger charge is -2.19. The van der Waals surface area contributed by atoms with Crippen molar-refractivity contribution < 1.29 is 4.57 Å². The van der Waals surface area contributed by atoms with Crippen LogP contribution >= 0.6 is 0 Å². The fraction of sp³-hybridized carbons (Fsp3) is 0.300. The molecule has 0 atom stereocenters. The standard InChI is InChI=1S/C30H33N2/c1-19(2)25-12-9-13-26(20(3)4)29(25)28-18-31-17-23-10-7-8-11-27(23)30(31)32(28)24-15-14-21(5)22(6)16-24/h7-16,18-20H,17H2,1-6H3/q+1. The smallest absolute Gasteiger partial charge is 0.225 e. The topological polar surface area (TPSA) is 8.81 Å². The summed E-state index contributed by atoms with van der Waals surface area (Å²) in [5.41, 5.74) is 12.2. The van der Waals surface area contributed by atoms with Gasteiger partial charge in [-0.15, -0.1) is 0 Å². The van der Waals surface area contributed by atoms with Gasteiger partial charge in [-0.1, -0.05) is 70.2 Å². The van der Waals surface area contributed by atoms with E-state index in [1.807, 2.05) is 0 Å². The van der Waals surface area contributed by atoms with Gasteiger partial charge in [-0.2, -0.15) is 4.57 Å². The average Bonchev–Trinajstić information content (AvgIpc) is 3.31. The molecule has 0 N–H and O–H groups in total. The minimum Gasteiger partial charge on any atom is -0.225 e. The summed E-state index contributed by atoms with van der Waals surface area (Å²) in [4.78, 5) is 0. The van der Waals surface area contributed by atoms with E-state index in [0.717, 1.165) is 6.54 Å². The van der Waals surface area contributed by atoms with Crippen molar-refractivity contribution in [3.8, 4) is 28.3 Å². The van der Waals surface area contributed by atoms with Gasteiger partial charge in [0.2, 0.25) is 0 Å². The van der Waals surface area contributed by atoms with Gasteiger partial charge in [-0.05, 0) is 66.1 Å². The summed E-state index contributed by atoms with van der Waals surface area (Å²) in [7, 11) is 0. The monoisotopic (exact) mass is 421 g/mol. The zero-order valence-corrected chi connectivity index (χ0v) is 20.1. The van der Waals surface area contributed by atoms with Gasteiger partial charge in [0.25, 0.3) is 5.82 Å². The predicted molar refractivity (Wildman–Crippen MR) is 134 cm³/mol. The summed E-state index contributed by atoms with van der Waals surface area (Å²) in [6.07, 6.45) is 2.39. The summed E-state index contributed by atoms with van der Waals surface area (Å²) >= 11 is 0. The van der Waals surface area contributed by atoms with E-state index >= 15 is 0 Å². The second-order valence-corrected chi connectivity index (χ2v) is 9.85. The first kappa shape index (κ1) is 20.8. The highest BCUT2D eigenvalue weighted by Gasteiger charge is 2.35. The first-order chi connectivity index (χ1) is 15.4. The fourth-order valence-electron chi connectivity index (χ4n) is 5.11. The molecular weight excluding hydrogens is 388 g/mol. The largest absolute Gasteiger partial charge is 0.295 e. The second kappa shape index (κ2) is 7.78. The molecule has 0 unspecified atom stereocenters. The summed E-state index contributed by atoms with van der Waals surface area (Å²) in [6.45, 7) is 14.6. The van der Waals surface area contributed by atoms with E-state index in [1.165, 1.54) is 56.1 Å². The maximum absolute atomic E-state index is 2.51. The highest BCUT2D eigenvalue weighted by molar-refractivity contribution is 5.75. The average molecular weight is 422 g/mol. The highest BCUT2D eigenvalue weighted by atomic mass is 15.2. The van der Waals surface area contributed by atoms with E-state index in [2.05, 4.69) is 118 Å². The predicted octanol–water partition coefficient (Wildman–Crippen LogP) is 7.32. The molecule has 0 bridgehead atoms. The Hall–Kier alpha value is -3.13. The third-order valence-electron chi connectivity index (χ3n) is 6.98. The van der Waals surface area contributed by atoms with Gasteiger partial charge in [0.1, 0.15) is 18.4 Å². The normalized spacial score (nSPS) is 12.5. The number of hydrogen-bond donors (Lipinski definition) is 0. The van der Waals surface area contributed by atoms with E-state index < -0.39 is 0 Å². The third kappa shape index (κ3) is 3.21. The maximum atomic E-state index is 2.51. The Morgan fingerprint density at radius 1 is 0.781 bits per heavy atom. The quantitative estimate of drug-likeness (QED) is 0.269. The van der Waals surface area contributed by atoms with Crippen LogP contribution in [0.25, 0.3) is 28.3 Å². The Kier molecular flexibility index (Phi) is 5.04. The van der Waals surface area contributed by atoms with Crippen molar-refractivity contribution in [2.24, 2.45) is 0 Å². The molecule has 2 heteroatoms. The van der Waals surface area contributed by atoms with Gasteiger partial charge < -0.3 is 0 Å². The van der Waals surface area contributed by atoms with Gasteiger partial charge in [0.05, 0.1) is 5.56 Å². The van der Waals surface area contributed by atoms with Crippen LogP contribution in [0.1, 0.15) is 67.3 Å². The van der Waals surface area contributed by atoms with Crippen LogP contribution in [0.15, 0.2) is 66.9 Å². The third-order valence-corrected chi connectivity index (χ3v) is 6.98.